The van der Waals surface area contributed by atoms with E-state index in [1.165, 1.54) is 0 Å². The van der Waals surface area contributed by atoms with Gasteiger partial charge in [0.1, 0.15) is 5.75 Å². The van der Waals surface area contributed by atoms with Gasteiger partial charge in [-0.25, -0.2) is 4.98 Å². The summed E-state index contributed by atoms with van der Waals surface area (Å²) >= 11 is 0. The summed E-state index contributed by atoms with van der Waals surface area (Å²) in [6, 6.07) is 6.96. The molecule has 3 aromatic rings. The van der Waals surface area contributed by atoms with Crippen molar-refractivity contribution in [3.8, 4) is 5.75 Å². The molecule has 0 unspecified atom stereocenters. The monoisotopic (exact) mass is 374 g/mol. The first-order valence-corrected chi connectivity index (χ1v) is 8.08. The van der Waals surface area contributed by atoms with Gasteiger partial charge in [0.15, 0.2) is 0 Å². The van der Waals surface area contributed by atoms with E-state index in [4.69, 9.17) is 15.0 Å². The van der Waals surface area contributed by atoms with Crippen molar-refractivity contribution < 1.29 is 14.1 Å². The Balaban J connectivity index is 0.00000196. The Morgan fingerprint density at radius 2 is 2.12 bits per heavy atom. The summed E-state index contributed by atoms with van der Waals surface area (Å²) in [5.41, 5.74) is 9.40. The molecule has 3 N–H and O–H groups in total. The summed E-state index contributed by atoms with van der Waals surface area (Å²) in [7, 11) is 1.55. The number of fused-ring (bicyclic) bond motifs is 1. The molecule has 0 saturated heterocycles. The first kappa shape index (κ1) is 18.0. The maximum absolute atomic E-state index is 12.9. The van der Waals surface area contributed by atoms with E-state index in [9.17, 15) is 4.79 Å². The molecule has 0 aliphatic heterocycles. The summed E-state index contributed by atoms with van der Waals surface area (Å²) in [4.78, 5) is 17.4. The van der Waals surface area contributed by atoms with Crippen LogP contribution in [0, 0.1) is 6.92 Å². The van der Waals surface area contributed by atoms with Crippen molar-refractivity contribution in [1.29, 1.82) is 0 Å². The number of rotatable bonds is 4. The minimum absolute atomic E-state index is 0. The van der Waals surface area contributed by atoms with Crippen LogP contribution in [0.3, 0.4) is 0 Å². The van der Waals surface area contributed by atoms with E-state index in [-0.39, 0.29) is 18.3 Å². The highest BCUT2D eigenvalue weighted by atomic mass is 35.5. The third-order valence-corrected chi connectivity index (χ3v) is 4.36. The second-order valence-electron chi connectivity index (χ2n) is 6.23. The zero-order valence-corrected chi connectivity index (χ0v) is 15.2. The number of benzene rings is 1. The minimum Gasteiger partial charge on any atom is -0.495 e. The fourth-order valence-corrected chi connectivity index (χ4v) is 2.89. The average molecular weight is 375 g/mol. The molecule has 1 saturated carbocycles. The van der Waals surface area contributed by atoms with Crippen molar-refractivity contribution in [2.24, 2.45) is 0 Å². The number of methoxy groups -OCH3 is 1. The number of anilines is 2. The largest absolute Gasteiger partial charge is 0.495 e. The molecule has 8 heteroatoms. The van der Waals surface area contributed by atoms with Crippen LogP contribution in [-0.2, 0) is 0 Å². The third-order valence-electron chi connectivity index (χ3n) is 4.36. The minimum atomic E-state index is -0.245. The molecule has 0 bridgehead atoms. The number of hydrogen-bond donors (Lipinski definition) is 2. The van der Waals surface area contributed by atoms with Gasteiger partial charge in [0.25, 0.3) is 11.6 Å². The number of amides is 1. The van der Waals surface area contributed by atoms with Crippen LogP contribution in [0.25, 0.3) is 11.1 Å². The Hall–Kier alpha value is -2.80. The van der Waals surface area contributed by atoms with Gasteiger partial charge in [0.2, 0.25) is 0 Å². The molecule has 1 aromatic carbocycles. The van der Waals surface area contributed by atoms with Gasteiger partial charge in [0.05, 0.1) is 29.4 Å². The second kappa shape index (κ2) is 6.84. The fraction of sp³-hybridized carbons (Fsp3) is 0.278. The van der Waals surface area contributed by atoms with Gasteiger partial charge in [0, 0.05) is 17.3 Å². The molecule has 0 spiro atoms. The maximum atomic E-state index is 12.9. The molecule has 0 atom stereocenters. The number of aryl methyl sites for hydroxylation is 1. The van der Waals surface area contributed by atoms with Gasteiger partial charge in [-0.15, -0.1) is 12.4 Å². The number of aromatic nitrogens is 2. The predicted octanol–water partition coefficient (Wildman–Crippen LogP) is 3.67. The van der Waals surface area contributed by atoms with Crippen molar-refractivity contribution >= 4 is 40.8 Å². The summed E-state index contributed by atoms with van der Waals surface area (Å²) in [6.45, 7) is 1.80. The molecule has 0 radical (unpaired) electrons. The lowest BCUT2D eigenvalue weighted by Crippen LogP contribution is -2.13. The van der Waals surface area contributed by atoms with Gasteiger partial charge >= 0.3 is 0 Å². The number of carbonyl (C=O) groups excluding carboxylic acids is 1. The van der Waals surface area contributed by atoms with Crippen LogP contribution >= 0.6 is 12.4 Å². The van der Waals surface area contributed by atoms with E-state index in [0.29, 0.717) is 45.4 Å². The van der Waals surface area contributed by atoms with Crippen molar-refractivity contribution in [1.82, 2.24) is 10.1 Å². The number of ether oxygens (including phenoxy) is 1. The lowest BCUT2D eigenvalue weighted by molar-refractivity contribution is 0.102. The topological polar surface area (TPSA) is 103 Å². The van der Waals surface area contributed by atoms with E-state index in [1.807, 2.05) is 6.07 Å². The molecule has 7 nitrogen and oxygen atoms in total. The van der Waals surface area contributed by atoms with Crippen LogP contribution in [0.15, 0.2) is 28.8 Å². The Labute approximate surface area is 156 Å². The van der Waals surface area contributed by atoms with Gasteiger partial charge in [-0.1, -0.05) is 5.16 Å². The summed E-state index contributed by atoms with van der Waals surface area (Å²) in [6.07, 6.45) is 2.17. The lowest BCUT2D eigenvalue weighted by atomic mass is 10.1. The van der Waals surface area contributed by atoms with Gasteiger partial charge in [-0.2, -0.15) is 0 Å². The lowest BCUT2D eigenvalue weighted by Gasteiger charge is -2.10. The fourth-order valence-electron chi connectivity index (χ4n) is 2.89. The number of halogens is 1. The Morgan fingerprint density at radius 3 is 2.77 bits per heavy atom. The average Bonchev–Trinajstić information content (AvgIpc) is 3.38. The molecule has 1 aliphatic carbocycles. The number of nitrogens with two attached hydrogens (primary N) is 1. The van der Waals surface area contributed by atoms with Crippen LogP contribution in [0.4, 0.5) is 11.4 Å². The van der Waals surface area contributed by atoms with E-state index in [2.05, 4.69) is 15.5 Å². The zero-order chi connectivity index (χ0) is 17.6. The van der Waals surface area contributed by atoms with Gasteiger partial charge < -0.3 is 20.3 Å². The SMILES string of the molecule is COc1ccc(NC(=O)c2cc(C3CC3)nc3onc(C)c23)cc1N.Cl. The first-order valence-electron chi connectivity index (χ1n) is 8.08. The van der Waals surface area contributed by atoms with Crippen molar-refractivity contribution in [3.05, 3.63) is 41.2 Å². The van der Waals surface area contributed by atoms with Crippen LogP contribution in [0.1, 0.15) is 40.5 Å². The highest BCUT2D eigenvalue weighted by Crippen LogP contribution is 2.40. The summed E-state index contributed by atoms with van der Waals surface area (Å²) in [5.74, 6) is 0.721. The quantitative estimate of drug-likeness (QED) is 0.675. The van der Waals surface area contributed by atoms with E-state index in [1.54, 1.807) is 32.2 Å². The molecule has 136 valence electrons. The number of nitrogens with one attached hydrogen (secondary N) is 1. The number of pyridine rings is 1. The zero-order valence-electron chi connectivity index (χ0n) is 14.4. The smallest absolute Gasteiger partial charge is 0.259 e. The highest BCUT2D eigenvalue weighted by Gasteiger charge is 2.28. The Morgan fingerprint density at radius 1 is 1.35 bits per heavy atom. The molecule has 1 amide bonds. The Kier molecular flexibility index (Phi) is 4.73. The molecule has 26 heavy (non-hydrogen) atoms. The maximum Gasteiger partial charge on any atom is 0.259 e. The van der Waals surface area contributed by atoms with Crippen LogP contribution in [-0.4, -0.2) is 23.2 Å². The Bertz CT molecular complexity index is 982. The van der Waals surface area contributed by atoms with Crippen LogP contribution in [0.2, 0.25) is 0 Å². The summed E-state index contributed by atoms with van der Waals surface area (Å²) < 4.78 is 10.4. The molecular weight excluding hydrogens is 356 g/mol. The highest BCUT2D eigenvalue weighted by molar-refractivity contribution is 6.12. The van der Waals surface area contributed by atoms with Crippen molar-refractivity contribution in [2.45, 2.75) is 25.7 Å². The second-order valence-corrected chi connectivity index (χ2v) is 6.23. The molecule has 1 fully saturated rings. The molecular formula is C18H19ClN4O3. The van der Waals surface area contributed by atoms with Gasteiger partial charge in [-0.3, -0.25) is 4.79 Å². The predicted molar refractivity (Wildman–Crippen MR) is 101 cm³/mol. The van der Waals surface area contributed by atoms with Gasteiger partial charge in [-0.05, 0) is 44.0 Å². The first-order chi connectivity index (χ1) is 12.1. The number of hydrogen-bond acceptors (Lipinski definition) is 6. The van der Waals surface area contributed by atoms with E-state index in [0.717, 1.165) is 18.5 Å². The number of nitrogen functional groups attached to an aromatic ring is 1. The molecule has 1 aliphatic rings. The molecule has 2 heterocycles. The van der Waals surface area contributed by atoms with Crippen molar-refractivity contribution in [3.63, 3.8) is 0 Å². The van der Waals surface area contributed by atoms with Crippen LogP contribution in [0.5, 0.6) is 5.75 Å². The standard InChI is InChI=1S/C18H18N4O3.ClH/c1-9-16-12(8-14(10-3-4-10)21-18(16)25-22-9)17(23)20-11-5-6-15(24-2)13(19)7-11;/h5-8,10H,3-4,19H2,1-2H3,(H,20,23);1H. The number of carbonyl (C=O) groups is 1. The summed E-state index contributed by atoms with van der Waals surface area (Å²) in [5, 5.41) is 7.47. The van der Waals surface area contributed by atoms with E-state index >= 15 is 0 Å². The normalized spacial score (nSPS) is 13.3. The van der Waals surface area contributed by atoms with Crippen molar-refractivity contribution in [2.75, 3.05) is 18.2 Å². The molecule has 4 rings (SSSR count). The number of nitrogens with zero attached hydrogens (tertiary/aromatic N) is 2. The third kappa shape index (κ3) is 3.17. The molecule has 2 aromatic heterocycles. The van der Waals surface area contributed by atoms with Crippen LogP contribution < -0.4 is 15.8 Å². The van der Waals surface area contributed by atoms with E-state index < -0.39 is 0 Å².